The summed E-state index contributed by atoms with van der Waals surface area (Å²) in [6.45, 7) is 15.7. The molecule has 2 aromatic carbocycles. The van der Waals surface area contributed by atoms with Crippen molar-refractivity contribution in [2.24, 2.45) is 4.99 Å². The number of aliphatic hydroxyl groups excluding tert-OH is 1. The molecule has 0 aliphatic carbocycles. The van der Waals surface area contributed by atoms with Gasteiger partial charge in [0, 0.05) is 72.7 Å². The van der Waals surface area contributed by atoms with Gasteiger partial charge < -0.3 is 19.6 Å². The van der Waals surface area contributed by atoms with Gasteiger partial charge in [-0.25, -0.2) is 4.79 Å². The largest absolute Gasteiger partial charge is 0.493 e. The van der Waals surface area contributed by atoms with Gasteiger partial charge in [0.15, 0.2) is 0 Å². The van der Waals surface area contributed by atoms with Crippen LogP contribution in [-0.2, 0) is 21.3 Å². The van der Waals surface area contributed by atoms with Gasteiger partial charge in [-0.05, 0) is 56.2 Å². The number of halogens is 2. The molecular formula is C38H46Cl2N6O4. The van der Waals surface area contributed by atoms with Crippen molar-refractivity contribution < 1.29 is 19.4 Å². The number of ether oxygens (including phenoxy) is 1. The first-order valence-electron chi connectivity index (χ1n) is 17.2. The molecule has 0 bridgehead atoms. The van der Waals surface area contributed by atoms with Crippen LogP contribution in [0.25, 0.3) is 0 Å². The summed E-state index contributed by atoms with van der Waals surface area (Å²) in [5.41, 5.74) is 0.943. The fraction of sp³-hybridized carbons (Fsp3) is 0.474. The van der Waals surface area contributed by atoms with E-state index in [1.807, 2.05) is 85.2 Å². The third-order valence-electron chi connectivity index (χ3n) is 10.3. The van der Waals surface area contributed by atoms with Gasteiger partial charge in [-0.15, -0.1) is 0 Å². The number of carbonyl (C=O) groups is 2. The molecule has 0 radical (unpaired) electrons. The van der Waals surface area contributed by atoms with Crippen LogP contribution in [0.1, 0.15) is 63.9 Å². The molecule has 1 N–H and O–H groups in total. The predicted octanol–water partition coefficient (Wildman–Crippen LogP) is 5.92. The van der Waals surface area contributed by atoms with Crippen LogP contribution >= 0.6 is 23.2 Å². The van der Waals surface area contributed by atoms with Crippen LogP contribution < -0.4 is 4.74 Å². The minimum absolute atomic E-state index is 0.00672. The van der Waals surface area contributed by atoms with Crippen LogP contribution in [0.15, 0.2) is 65.8 Å². The van der Waals surface area contributed by atoms with Crippen molar-refractivity contribution in [2.75, 3.05) is 52.4 Å². The molecule has 0 spiro atoms. The van der Waals surface area contributed by atoms with Crippen molar-refractivity contribution >= 4 is 41.0 Å². The average molecular weight is 722 g/mol. The maximum atomic E-state index is 15.2. The summed E-state index contributed by atoms with van der Waals surface area (Å²) < 4.78 is 6.26. The number of aliphatic hydroxyl groups is 1. The number of likely N-dealkylation sites (tertiary alicyclic amines) is 1. The summed E-state index contributed by atoms with van der Waals surface area (Å²) in [5, 5.41) is 10.8. The van der Waals surface area contributed by atoms with E-state index in [4.69, 9.17) is 37.9 Å². The Balaban J connectivity index is 1.45. The Morgan fingerprint density at radius 2 is 1.50 bits per heavy atom. The lowest BCUT2D eigenvalue weighted by molar-refractivity contribution is -0.142. The fourth-order valence-electron chi connectivity index (χ4n) is 7.05. The second-order valence-electron chi connectivity index (χ2n) is 14.7. The van der Waals surface area contributed by atoms with Crippen LogP contribution in [0.4, 0.5) is 4.79 Å². The second-order valence-corrected chi connectivity index (χ2v) is 15.5. The minimum atomic E-state index is -1.05. The molecule has 4 heterocycles. The number of β-amino-alcohol motifs (C(OH)–C–C–N with tert-alkyl or cyclic N) is 1. The lowest BCUT2D eigenvalue weighted by atomic mass is 9.71. The van der Waals surface area contributed by atoms with E-state index in [0.717, 1.165) is 16.8 Å². The molecule has 2 fully saturated rings. The lowest BCUT2D eigenvalue weighted by Gasteiger charge is -2.47. The Morgan fingerprint density at radius 1 is 0.920 bits per heavy atom. The number of piperazine rings is 1. The van der Waals surface area contributed by atoms with Crippen LogP contribution in [0.5, 0.6) is 5.75 Å². The molecule has 2 atom stereocenters. The van der Waals surface area contributed by atoms with Crippen molar-refractivity contribution in [3.63, 3.8) is 0 Å². The Bertz CT molecular complexity index is 1770. The normalized spacial score (nSPS) is 23.1. The summed E-state index contributed by atoms with van der Waals surface area (Å²) in [6.07, 6.45) is 1.33. The van der Waals surface area contributed by atoms with Crippen LogP contribution in [0, 0.1) is 0 Å². The second kappa shape index (κ2) is 13.8. The number of amidine groups is 1. The molecule has 3 amide bonds. The van der Waals surface area contributed by atoms with Gasteiger partial charge in [-0.1, -0.05) is 68.2 Å². The molecule has 1 aromatic heterocycles. The van der Waals surface area contributed by atoms with Crippen molar-refractivity contribution in [2.45, 2.75) is 64.1 Å². The number of amides is 3. The number of rotatable bonds is 7. The van der Waals surface area contributed by atoms with E-state index in [2.05, 4.69) is 25.7 Å². The van der Waals surface area contributed by atoms with Crippen LogP contribution in [-0.4, -0.2) is 106 Å². The molecule has 3 aliphatic heterocycles. The lowest BCUT2D eigenvalue weighted by Crippen LogP contribution is -2.61. The molecule has 2 saturated heterocycles. The summed E-state index contributed by atoms with van der Waals surface area (Å²) in [6, 6.07) is 16.9. The maximum Gasteiger partial charge on any atom is 0.326 e. The number of aromatic nitrogens is 1. The topological polar surface area (TPSA) is 102 Å². The number of pyridine rings is 1. The van der Waals surface area contributed by atoms with Gasteiger partial charge in [-0.2, -0.15) is 0 Å². The zero-order valence-electron chi connectivity index (χ0n) is 29.6. The van der Waals surface area contributed by atoms with Gasteiger partial charge in [0.25, 0.3) is 0 Å². The Morgan fingerprint density at radius 3 is 2.04 bits per heavy atom. The summed E-state index contributed by atoms with van der Waals surface area (Å²) in [7, 11) is 0. The van der Waals surface area contributed by atoms with Gasteiger partial charge >= 0.3 is 6.03 Å². The van der Waals surface area contributed by atoms with Crippen molar-refractivity contribution in [1.82, 2.24) is 24.6 Å². The molecule has 10 nitrogen and oxygen atoms in total. The third kappa shape index (κ3) is 6.59. The monoisotopic (exact) mass is 720 g/mol. The highest BCUT2D eigenvalue weighted by Crippen LogP contribution is 2.54. The highest BCUT2D eigenvalue weighted by atomic mass is 35.5. The first kappa shape index (κ1) is 36.1. The summed E-state index contributed by atoms with van der Waals surface area (Å²) in [4.78, 5) is 45.7. The molecule has 12 heteroatoms. The van der Waals surface area contributed by atoms with E-state index in [1.54, 1.807) is 11.1 Å². The minimum Gasteiger partial charge on any atom is -0.493 e. The number of urea groups is 1. The van der Waals surface area contributed by atoms with Crippen molar-refractivity contribution in [3.8, 4) is 5.75 Å². The molecular weight excluding hydrogens is 675 g/mol. The average Bonchev–Trinajstić information content (AvgIpc) is 3.31. The van der Waals surface area contributed by atoms with Gasteiger partial charge in [0.1, 0.15) is 22.7 Å². The predicted molar refractivity (Wildman–Crippen MR) is 196 cm³/mol. The van der Waals surface area contributed by atoms with Crippen molar-refractivity contribution in [3.05, 3.63) is 93.2 Å². The highest BCUT2D eigenvalue weighted by molar-refractivity contribution is 6.30. The third-order valence-corrected chi connectivity index (χ3v) is 10.8. The number of benzene rings is 2. The van der Waals surface area contributed by atoms with E-state index < -0.39 is 17.2 Å². The van der Waals surface area contributed by atoms with Crippen LogP contribution in [0.3, 0.4) is 0 Å². The molecule has 266 valence electrons. The SMILES string of the molecule is CCOc1cc(C(C)(C)C)ncc1C1=N[C@@](C)(c2ccc(Cl)cc2)[C@@](C)(c2ccc(Cl)cc2)N1C(=O)N1CCN(CC(=O)N2CC(O)C2)CC1. The van der Waals surface area contributed by atoms with E-state index in [0.29, 0.717) is 73.1 Å². The van der Waals surface area contributed by atoms with Crippen LogP contribution in [0.2, 0.25) is 10.0 Å². The first-order chi connectivity index (χ1) is 23.7. The maximum absolute atomic E-state index is 15.2. The molecule has 3 aliphatic rings. The zero-order valence-corrected chi connectivity index (χ0v) is 31.1. The number of aliphatic imine (C=N–C) groups is 1. The molecule has 3 aromatic rings. The number of nitrogens with zero attached hydrogens (tertiary/aromatic N) is 6. The Kier molecular flexibility index (Phi) is 9.96. The molecule has 6 rings (SSSR count). The smallest absolute Gasteiger partial charge is 0.326 e. The van der Waals surface area contributed by atoms with E-state index in [9.17, 15) is 9.90 Å². The van der Waals surface area contributed by atoms with E-state index >= 15 is 4.79 Å². The Hall–Kier alpha value is -3.70. The zero-order chi connectivity index (χ0) is 36.0. The van der Waals surface area contributed by atoms with Gasteiger partial charge in [0.05, 0.1) is 24.8 Å². The van der Waals surface area contributed by atoms with Gasteiger partial charge in [0.2, 0.25) is 5.91 Å². The fourth-order valence-corrected chi connectivity index (χ4v) is 7.30. The molecule has 0 saturated carbocycles. The van der Waals surface area contributed by atoms with E-state index in [1.165, 1.54) is 0 Å². The standard InChI is InChI=1S/C38H46Cl2N6O4/c1-7-50-31-20-32(36(2,3)4)41-21-30(31)34-42-37(5,25-8-12-27(39)13-9-25)38(6,26-10-14-28(40)15-11-26)46(34)35(49)44-18-16-43(17-19-44)24-33(48)45-22-29(47)23-45/h8-15,20-21,29,47H,7,16-19,22-24H2,1-6H3/t37-,38+/m0/s1. The Labute approximate surface area is 304 Å². The van der Waals surface area contributed by atoms with E-state index in [-0.39, 0.29) is 23.9 Å². The van der Waals surface area contributed by atoms with Crippen molar-refractivity contribution in [1.29, 1.82) is 0 Å². The molecule has 0 unspecified atom stereocenters. The highest BCUT2D eigenvalue weighted by Gasteiger charge is 2.60. The first-order valence-corrected chi connectivity index (χ1v) is 17.9. The molecule has 50 heavy (non-hydrogen) atoms. The summed E-state index contributed by atoms with van der Waals surface area (Å²) >= 11 is 12.8. The number of carbonyl (C=O) groups excluding carboxylic acids is 2. The number of hydrogen-bond donors (Lipinski definition) is 1. The quantitative estimate of drug-likeness (QED) is 0.326. The summed E-state index contributed by atoms with van der Waals surface area (Å²) in [5.74, 6) is 1.05. The van der Waals surface area contributed by atoms with Gasteiger partial charge in [-0.3, -0.25) is 24.6 Å². The number of hydrogen-bond acceptors (Lipinski definition) is 7.